The van der Waals surface area contributed by atoms with Crippen LogP contribution in [0.2, 0.25) is 0 Å². The van der Waals surface area contributed by atoms with E-state index in [4.69, 9.17) is 4.74 Å². The van der Waals surface area contributed by atoms with E-state index in [9.17, 15) is 9.90 Å². The highest BCUT2D eigenvalue weighted by molar-refractivity contribution is 9.10. The minimum Gasteiger partial charge on any atom is -0.508 e. The van der Waals surface area contributed by atoms with Gasteiger partial charge in [-0.05, 0) is 35.0 Å². The van der Waals surface area contributed by atoms with Gasteiger partial charge in [0, 0.05) is 12.0 Å². The summed E-state index contributed by atoms with van der Waals surface area (Å²) in [7, 11) is 1.50. The van der Waals surface area contributed by atoms with Crippen molar-refractivity contribution in [2.24, 2.45) is 0 Å². The third-order valence-corrected chi connectivity index (χ3v) is 2.44. The second-order valence-electron chi connectivity index (χ2n) is 2.96. The zero-order chi connectivity index (χ0) is 10.7. The summed E-state index contributed by atoms with van der Waals surface area (Å²) in [5, 5.41) is 9.54. The van der Waals surface area contributed by atoms with Crippen LogP contribution < -0.4 is 4.74 Å². The Balaban J connectivity index is 3.22. The first-order valence-corrected chi connectivity index (χ1v) is 4.89. The minimum absolute atomic E-state index is 0.0169. The number of carbonyl (C=O) groups is 1. The standard InChI is InChI=1S/C10H11BrO3/c1-6(12)5-7-9(13)4-3-8(11)10(7)14-2/h3-4,13H,5H2,1-2H3. The Morgan fingerprint density at radius 2 is 2.21 bits per heavy atom. The molecule has 1 rings (SSSR count). The zero-order valence-electron chi connectivity index (χ0n) is 8.00. The Morgan fingerprint density at radius 3 is 2.71 bits per heavy atom. The lowest BCUT2D eigenvalue weighted by Crippen LogP contribution is -2.00. The van der Waals surface area contributed by atoms with E-state index >= 15 is 0 Å². The monoisotopic (exact) mass is 258 g/mol. The van der Waals surface area contributed by atoms with Crippen molar-refractivity contribution in [2.45, 2.75) is 13.3 Å². The molecule has 0 saturated carbocycles. The van der Waals surface area contributed by atoms with Crippen LogP contribution in [0.3, 0.4) is 0 Å². The highest BCUT2D eigenvalue weighted by Gasteiger charge is 2.13. The average Bonchev–Trinajstić information content (AvgIpc) is 2.11. The van der Waals surface area contributed by atoms with E-state index in [0.29, 0.717) is 11.3 Å². The maximum Gasteiger partial charge on any atom is 0.140 e. The summed E-state index contributed by atoms with van der Waals surface area (Å²) < 4.78 is 5.83. The van der Waals surface area contributed by atoms with Crippen LogP contribution in [0.5, 0.6) is 11.5 Å². The van der Waals surface area contributed by atoms with Crippen LogP contribution in [0.15, 0.2) is 16.6 Å². The van der Waals surface area contributed by atoms with Gasteiger partial charge in [0.15, 0.2) is 0 Å². The van der Waals surface area contributed by atoms with Crippen LogP contribution in [-0.2, 0) is 11.2 Å². The molecule has 1 aromatic carbocycles. The topological polar surface area (TPSA) is 46.5 Å². The fourth-order valence-corrected chi connectivity index (χ4v) is 1.76. The Bertz CT molecular complexity index is 361. The van der Waals surface area contributed by atoms with Gasteiger partial charge in [0.25, 0.3) is 0 Å². The molecule has 0 spiro atoms. The number of Topliss-reactive ketones (excluding diaryl/α,β-unsaturated/α-hetero) is 1. The molecule has 0 amide bonds. The third-order valence-electron chi connectivity index (χ3n) is 1.82. The summed E-state index contributed by atoms with van der Waals surface area (Å²) >= 11 is 3.28. The molecule has 1 aromatic rings. The van der Waals surface area contributed by atoms with Crippen molar-refractivity contribution in [3.05, 3.63) is 22.2 Å². The number of methoxy groups -OCH3 is 1. The van der Waals surface area contributed by atoms with Crippen molar-refractivity contribution in [1.82, 2.24) is 0 Å². The Hall–Kier alpha value is -1.03. The van der Waals surface area contributed by atoms with E-state index in [1.54, 1.807) is 6.07 Å². The molecule has 0 heterocycles. The lowest BCUT2D eigenvalue weighted by molar-refractivity contribution is -0.116. The van der Waals surface area contributed by atoms with Crippen molar-refractivity contribution in [2.75, 3.05) is 7.11 Å². The molecule has 0 unspecified atom stereocenters. The predicted octanol–water partition coefficient (Wildman–Crippen LogP) is 2.29. The number of halogens is 1. The molecule has 0 saturated heterocycles. The second-order valence-corrected chi connectivity index (χ2v) is 3.81. The maximum atomic E-state index is 11.0. The number of ketones is 1. The van der Waals surface area contributed by atoms with Gasteiger partial charge in [-0.3, -0.25) is 4.79 Å². The lowest BCUT2D eigenvalue weighted by Gasteiger charge is -2.10. The van der Waals surface area contributed by atoms with Crippen LogP contribution >= 0.6 is 15.9 Å². The SMILES string of the molecule is COc1c(Br)ccc(O)c1CC(C)=O. The van der Waals surface area contributed by atoms with Crippen LogP contribution in [0.1, 0.15) is 12.5 Å². The second kappa shape index (κ2) is 4.46. The van der Waals surface area contributed by atoms with Gasteiger partial charge >= 0.3 is 0 Å². The van der Waals surface area contributed by atoms with Gasteiger partial charge in [0.05, 0.1) is 11.6 Å². The Morgan fingerprint density at radius 1 is 1.57 bits per heavy atom. The average molecular weight is 259 g/mol. The van der Waals surface area contributed by atoms with Crippen molar-refractivity contribution < 1.29 is 14.6 Å². The van der Waals surface area contributed by atoms with Crippen molar-refractivity contribution in [1.29, 1.82) is 0 Å². The molecule has 0 aliphatic rings. The summed E-state index contributed by atoms with van der Waals surface area (Å²) in [5.74, 6) is 0.581. The molecule has 3 nitrogen and oxygen atoms in total. The number of phenolic OH excluding ortho intramolecular Hbond substituents is 1. The highest BCUT2D eigenvalue weighted by Crippen LogP contribution is 2.35. The molecule has 76 valence electrons. The minimum atomic E-state index is -0.0169. The molecule has 0 aromatic heterocycles. The fourth-order valence-electron chi connectivity index (χ4n) is 1.23. The van der Waals surface area contributed by atoms with Gasteiger partial charge in [0.1, 0.15) is 17.3 Å². The smallest absolute Gasteiger partial charge is 0.140 e. The molecule has 0 fully saturated rings. The van der Waals surface area contributed by atoms with Crippen LogP contribution in [0.25, 0.3) is 0 Å². The molecular weight excluding hydrogens is 248 g/mol. The maximum absolute atomic E-state index is 11.0. The van der Waals surface area contributed by atoms with Crippen molar-refractivity contribution in [3.63, 3.8) is 0 Å². The molecular formula is C10H11BrO3. The number of benzene rings is 1. The molecule has 4 heteroatoms. The van der Waals surface area contributed by atoms with Crippen molar-refractivity contribution in [3.8, 4) is 11.5 Å². The van der Waals surface area contributed by atoms with Crippen LogP contribution in [-0.4, -0.2) is 18.0 Å². The number of hydrogen-bond acceptors (Lipinski definition) is 3. The third kappa shape index (κ3) is 2.26. The van der Waals surface area contributed by atoms with E-state index in [-0.39, 0.29) is 18.0 Å². The first kappa shape index (κ1) is 11.0. The number of rotatable bonds is 3. The quantitative estimate of drug-likeness (QED) is 0.905. The molecule has 1 N–H and O–H groups in total. The molecule has 0 atom stereocenters. The summed E-state index contributed by atoms with van der Waals surface area (Å²) in [5.41, 5.74) is 0.523. The molecule has 14 heavy (non-hydrogen) atoms. The Labute approximate surface area is 90.8 Å². The van der Waals surface area contributed by atoms with E-state index in [0.717, 1.165) is 4.47 Å². The number of aromatic hydroxyl groups is 1. The summed E-state index contributed by atoms with van der Waals surface area (Å²) in [6.07, 6.45) is 0.175. The molecule has 0 aliphatic heterocycles. The fraction of sp³-hybridized carbons (Fsp3) is 0.300. The van der Waals surface area contributed by atoms with E-state index in [1.807, 2.05) is 0 Å². The summed E-state index contributed by atoms with van der Waals surface area (Å²) in [6, 6.07) is 3.21. The Kier molecular flexibility index (Phi) is 3.52. The van der Waals surface area contributed by atoms with E-state index in [1.165, 1.54) is 20.1 Å². The van der Waals surface area contributed by atoms with E-state index in [2.05, 4.69) is 15.9 Å². The van der Waals surface area contributed by atoms with Crippen LogP contribution in [0, 0.1) is 0 Å². The molecule has 0 radical (unpaired) electrons. The van der Waals surface area contributed by atoms with Crippen LogP contribution in [0.4, 0.5) is 0 Å². The van der Waals surface area contributed by atoms with Crippen molar-refractivity contribution >= 4 is 21.7 Å². The number of phenols is 1. The predicted molar refractivity (Wildman–Crippen MR) is 56.7 cm³/mol. The first-order valence-electron chi connectivity index (χ1n) is 4.10. The van der Waals surface area contributed by atoms with Gasteiger partial charge in [-0.25, -0.2) is 0 Å². The molecule has 0 aliphatic carbocycles. The largest absolute Gasteiger partial charge is 0.508 e. The number of hydrogen-bond donors (Lipinski definition) is 1. The number of carbonyl (C=O) groups excluding carboxylic acids is 1. The van der Waals surface area contributed by atoms with Gasteiger partial charge in [-0.2, -0.15) is 0 Å². The lowest BCUT2D eigenvalue weighted by atomic mass is 10.1. The van der Waals surface area contributed by atoms with Gasteiger partial charge in [0.2, 0.25) is 0 Å². The van der Waals surface area contributed by atoms with E-state index < -0.39 is 0 Å². The highest BCUT2D eigenvalue weighted by atomic mass is 79.9. The normalized spacial score (nSPS) is 9.93. The summed E-state index contributed by atoms with van der Waals surface area (Å²) in [4.78, 5) is 11.0. The van der Waals surface area contributed by atoms with Gasteiger partial charge < -0.3 is 9.84 Å². The van der Waals surface area contributed by atoms with Gasteiger partial charge in [-0.15, -0.1) is 0 Å². The first-order chi connectivity index (χ1) is 6.56. The molecule has 0 bridgehead atoms. The van der Waals surface area contributed by atoms with Gasteiger partial charge in [-0.1, -0.05) is 0 Å². The summed E-state index contributed by atoms with van der Waals surface area (Å²) in [6.45, 7) is 1.47. The number of ether oxygens (including phenoxy) is 1. The zero-order valence-corrected chi connectivity index (χ0v) is 9.59.